The lowest BCUT2D eigenvalue weighted by atomic mass is 9.88. The zero-order chi connectivity index (χ0) is 17.7. The van der Waals surface area contributed by atoms with Crippen molar-refractivity contribution < 1.29 is 23.9 Å². The van der Waals surface area contributed by atoms with Crippen LogP contribution in [0.1, 0.15) is 54.4 Å². The van der Waals surface area contributed by atoms with E-state index in [1.165, 1.54) is 0 Å². The topological polar surface area (TPSA) is 69.7 Å². The van der Waals surface area contributed by atoms with Gasteiger partial charge in [0.2, 0.25) is 0 Å². The summed E-state index contributed by atoms with van der Waals surface area (Å²) in [6, 6.07) is 0. The molecule has 5 nitrogen and oxygen atoms in total. The van der Waals surface area contributed by atoms with Crippen molar-refractivity contribution in [3.63, 3.8) is 0 Å². The molecule has 0 bridgehead atoms. The molecule has 0 saturated heterocycles. The van der Waals surface area contributed by atoms with Gasteiger partial charge in [-0.15, -0.1) is 0 Å². The van der Waals surface area contributed by atoms with Crippen LogP contribution in [0.5, 0.6) is 0 Å². The van der Waals surface area contributed by atoms with Crippen molar-refractivity contribution in [3.05, 3.63) is 24.3 Å². The second-order valence-electron chi connectivity index (χ2n) is 7.71. The van der Waals surface area contributed by atoms with E-state index < -0.39 is 18.1 Å². The van der Waals surface area contributed by atoms with Crippen LogP contribution in [0.4, 0.5) is 4.79 Å². The number of rotatable bonds is 4. The Balaban J connectivity index is 4.45. The predicted octanol–water partition coefficient (Wildman–Crippen LogP) is 4.18. The second kappa shape index (κ2) is 7.38. The molecule has 0 aliphatic heterocycles. The van der Waals surface area contributed by atoms with E-state index in [1.807, 2.05) is 41.5 Å². The van der Waals surface area contributed by atoms with Crippen LogP contribution in [-0.4, -0.2) is 18.1 Å². The summed E-state index contributed by atoms with van der Waals surface area (Å²) >= 11 is 0. The van der Waals surface area contributed by atoms with Gasteiger partial charge in [-0.1, -0.05) is 54.7 Å². The Bertz CT molecular complexity index is 442. The summed E-state index contributed by atoms with van der Waals surface area (Å²) in [4.78, 5) is 34.7. The zero-order valence-corrected chi connectivity index (χ0v) is 14.4. The molecule has 0 heterocycles. The van der Waals surface area contributed by atoms with Crippen LogP contribution < -0.4 is 0 Å². The van der Waals surface area contributed by atoms with Gasteiger partial charge in [0.05, 0.1) is 0 Å². The number of hydrogen-bond acceptors (Lipinski definition) is 5. The number of ether oxygens (including phenoxy) is 2. The maximum atomic E-state index is 11.7. The Kier molecular flexibility index (Phi) is 6.74. The molecule has 0 aromatic heterocycles. The van der Waals surface area contributed by atoms with Gasteiger partial charge in [0.1, 0.15) is 0 Å². The van der Waals surface area contributed by atoms with Crippen LogP contribution in [0.25, 0.3) is 0 Å². The van der Waals surface area contributed by atoms with Crippen molar-refractivity contribution in [3.8, 4) is 0 Å². The SMILES string of the molecule is C=C(CC(C)(C)C)C(=O)OC(=O)OC(=O)C(=C)CC(C)(C)C. The van der Waals surface area contributed by atoms with Crippen molar-refractivity contribution >= 4 is 18.1 Å². The predicted molar refractivity (Wildman–Crippen MR) is 84.0 cm³/mol. The number of esters is 2. The third kappa shape index (κ3) is 9.10. The third-order valence-electron chi connectivity index (χ3n) is 2.42. The first-order valence-electron chi connectivity index (χ1n) is 7.05. The lowest BCUT2D eigenvalue weighted by Crippen LogP contribution is -2.22. The van der Waals surface area contributed by atoms with Gasteiger partial charge in [-0.05, 0) is 23.7 Å². The third-order valence-corrected chi connectivity index (χ3v) is 2.42. The zero-order valence-electron chi connectivity index (χ0n) is 14.4. The number of hydrogen-bond donors (Lipinski definition) is 0. The molecule has 0 radical (unpaired) electrons. The van der Waals surface area contributed by atoms with Gasteiger partial charge in [0.25, 0.3) is 0 Å². The summed E-state index contributed by atoms with van der Waals surface area (Å²) in [5.74, 6) is -1.79. The maximum absolute atomic E-state index is 11.7. The molecule has 0 atom stereocenters. The van der Waals surface area contributed by atoms with E-state index >= 15 is 0 Å². The van der Waals surface area contributed by atoms with E-state index in [-0.39, 0.29) is 22.0 Å². The molecule has 0 aliphatic carbocycles. The van der Waals surface area contributed by atoms with Crippen molar-refractivity contribution in [1.29, 1.82) is 0 Å². The van der Waals surface area contributed by atoms with E-state index in [0.717, 1.165) is 0 Å². The van der Waals surface area contributed by atoms with Crippen LogP contribution in [0, 0.1) is 10.8 Å². The molecule has 0 saturated carbocycles. The first kappa shape index (κ1) is 20.1. The minimum absolute atomic E-state index is 0.144. The minimum atomic E-state index is -1.36. The van der Waals surface area contributed by atoms with Crippen molar-refractivity contribution in [2.24, 2.45) is 10.8 Å². The molecule has 0 unspecified atom stereocenters. The molecule has 0 rings (SSSR count). The Labute approximate surface area is 132 Å². The summed E-state index contributed by atoms with van der Waals surface area (Å²) in [7, 11) is 0. The molecule has 0 spiro atoms. The standard InChI is InChI=1S/C17H26O5/c1-11(9-16(3,4)5)13(18)21-15(20)22-14(19)12(2)10-17(6,7)8/h1-2,9-10H2,3-8H3. The first-order chi connectivity index (χ1) is 9.71. The molecule has 0 fully saturated rings. The summed E-state index contributed by atoms with van der Waals surface area (Å²) in [6.07, 6.45) is -0.631. The van der Waals surface area contributed by atoms with E-state index in [9.17, 15) is 14.4 Å². The number of carbonyl (C=O) groups excluding carboxylic acids is 3. The highest BCUT2D eigenvalue weighted by molar-refractivity contribution is 5.99. The lowest BCUT2D eigenvalue weighted by Gasteiger charge is -2.19. The highest BCUT2D eigenvalue weighted by Gasteiger charge is 2.24. The fraction of sp³-hybridized carbons (Fsp3) is 0.588. The van der Waals surface area contributed by atoms with E-state index in [1.54, 1.807) is 0 Å². The van der Waals surface area contributed by atoms with Gasteiger partial charge in [-0.3, -0.25) is 0 Å². The van der Waals surface area contributed by atoms with Crippen LogP contribution in [0.2, 0.25) is 0 Å². The minimum Gasteiger partial charge on any atom is -0.356 e. The largest absolute Gasteiger partial charge is 0.524 e. The average Bonchev–Trinajstić information content (AvgIpc) is 2.23. The van der Waals surface area contributed by atoms with Crippen molar-refractivity contribution in [2.45, 2.75) is 54.4 Å². The molecule has 0 aromatic rings. The molecule has 0 amide bonds. The summed E-state index contributed by atoms with van der Waals surface area (Å²) in [5, 5.41) is 0. The highest BCUT2D eigenvalue weighted by Crippen LogP contribution is 2.25. The summed E-state index contributed by atoms with van der Waals surface area (Å²) in [6.45, 7) is 18.7. The summed E-state index contributed by atoms with van der Waals surface area (Å²) in [5.41, 5.74) is -0.0518. The second-order valence-corrected chi connectivity index (χ2v) is 7.71. The van der Waals surface area contributed by atoms with Crippen LogP contribution in [0.3, 0.4) is 0 Å². The molecular formula is C17H26O5. The fourth-order valence-electron chi connectivity index (χ4n) is 1.74. The highest BCUT2D eigenvalue weighted by atomic mass is 16.8. The average molecular weight is 310 g/mol. The molecular weight excluding hydrogens is 284 g/mol. The molecule has 5 heteroatoms. The van der Waals surface area contributed by atoms with Gasteiger partial charge in [-0.25, -0.2) is 14.4 Å². The normalized spacial score (nSPS) is 11.5. The van der Waals surface area contributed by atoms with E-state index in [4.69, 9.17) is 0 Å². The van der Waals surface area contributed by atoms with Crippen LogP contribution in [-0.2, 0) is 19.1 Å². The Hall–Kier alpha value is -1.91. The lowest BCUT2D eigenvalue weighted by molar-refractivity contribution is -0.142. The molecule has 0 N–H and O–H groups in total. The maximum Gasteiger partial charge on any atom is 0.524 e. The van der Waals surface area contributed by atoms with Crippen LogP contribution in [0.15, 0.2) is 24.3 Å². The molecule has 0 aromatic carbocycles. The molecule has 22 heavy (non-hydrogen) atoms. The monoisotopic (exact) mass is 310 g/mol. The van der Waals surface area contributed by atoms with Gasteiger partial charge >= 0.3 is 18.1 Å². The first-order valence-corrected chi connectivity index (χ1v) is 7.05. The van der Waals surface area contributed by atoms with Gasteiger partial charge in [0, 0.05) is 11.1 Å². The van der Waals surface area contributed by atoms with E-state index in [0.29, 0.717) is 12.8 Å². The van der Waals surface area contributed by atoms with Gasteiger partial charge in [-0.2, -0.15) is 0 Å². The molecule has 0 aliphatic rings. The molecule has 124 valence electrons. The van der Waals surface area contributed by atoms with Gasteiger partial charge in [0.15, 0.2) is 0 Å². The smallest absolute Gasteiger partial charge is 0.356 e. The van der Waals surface area contributed by atoms with Crippen molar-refractivity contribution in [1.82, 2.24) is 0 Å². The Morgan fingerprint density at radius 3 is 1.23 bits per heavy atom. The Morgan fingerprint density at radius 1 is 0.727 bits per heavy atom. The van der Waals surface area contributed by atoms with Gasteiger partial charge < -0.3 is 9.47 Å². The van der Waals surface area contributed by atoms with Crippen LogP contribution >= 0.6 is 0 Å². The quantitative estimate of drug-likeness (QED) is 0.442. The van der Waals surface area contributed by atoms with E-state index in [2.05, 4.69) is 22.6 Å². The Morgan fingerprint density at radius 2 is 1.00 bits per heavy atom. The number of carbonyl (C=O) groups is 3. The summed E-state index contributed by atoms with van der Waals surface area (Å²) < 4.78 is 8.89. The fourth-order valence-corrected chi connectivity index (χ4v) is 1.74. The van der Waals surface area contributed by atoms with Crippen molar-refractivity contribution in [2.75, 3.05) is 0 Å².